The van der Waals surface area contributed by atoms with Crippen LogP contribution in [0.4, 0.5) is 11.4 Å². The van der Waals surface area contributed by atoms with E-state index in [0.29, 0.717) is 12.1 Å². The van der Waals surface area contributed by atoms with Crippen molar-refractivity contribution in [2.75, 3.05) is 4.90 Å². The highest BCUT2D eigenvalue weighted by Gasteiger charge is 2.22. The zero-order valence-electron chi connectivity index (χ0n) is 10.9. The first-order chi connectivity index (χ1) is 9.84. The highest BCUT2D eigenvalue weighted by Crippen LogP contribution is 2.33. The molecule has 1 N–H and O–H groups in total. The predicted octanol–water partition coefficient (Wildman–Crippen LogP) is 2.50. The molecule has 20 heavy (non-hydrogen) atoms. The van der Waals surface area contributed by atoms with Crippen LogP contribution in [-0.4, -0.2) is 5.71 Å². The number of para-hydroxylation sites is 3. The first kappa shape index (κ1) is 11.2. The quantitative estimate of drug-likeness (QED) is 0.775. The van der Waals surface area contributed by atoms with E-state index in [-0.39, 0.29) is 0 Å². The minimum absolute atomic E-state index is 0.631. The van der Waals surface area contributed by atoms with Gasteiger partial charge >= 0.3 is 0 Å². The smallest absolute Gasteiger partial charge is 0.0877 e. The van der Waals surface area contributed by atoms with Crippen molar-refractivity contribution in [3.63, 3.8) is 0 Å². The minimum Gasteiger partial charge on any atom is -0.313 e. The SMILES string of the molecule is N=C1CC=CN2C1=c1ccccc1=Nc1ccccc12. The van der Waals surface area contributed by atoms with Crippen molar-refractivity contribution in [3.8, 4) is 0 Å². The molecule has 2 aliphatic rings. The number of anilines is 1. The molecule has 96 valence electrons. The number of benzene rings is 2. The molecule has 2 aromatic rings. The van der Waals surface area contributed by atoms with Crippen LogP contribution in [0.2, 0.25) is 0 Å². The lowest BCUT2D eigenvalue weighted by atomic mass is 10.1. The number of allylic oxidation sites excluding steroid dienone is 1. The molecule has 0 atom stereocenters. The molecule has 0 saturated carbocycles. The van der Waals surface area contributed by atoms with Crippen LogP contribution in [0, 0.1) is 5.41 Å². The summed E-state index contributed by atoms with van der Waals surface area (Å²) in [7, 11) is 0. The monoisotopic (exact) mass is 259 g/mol. The summed E-state index contributed by atoms with van der Waals surface area (Å²) in [6.45, 7) is 0. The van der Waals surface area contributed by atoms with E-state index in [4.69, 9.17) is 10.4 Å². The molecule has 0 amide bonds. The standard InChI is InChI=1S/C17H13N3/c18-13-7-5-11-20-16-10-4-3-9-15(16)19-14-8-2-1-6-12(14)17(13)20/h1-6,8-11,18H,7H2. The van der Waals surface area contributed by atoms with Crippen LogP contribution < -0.4 is 15.5 Å². The van der Waals surface area contributed by atoms with Crippen LogP contribution in [0.15, 0.2) is 65.8 Å². The normalized spacial score (nSPS) is 15.9. The fourth-order valence-corrected chi connectivity index (χ4v) is 2.75. The lowest BCUT2D eigenvalue weighted by Crippen LogP contribution is -2.35. The summed E-state index contributed by atoms with van der Waals surface area (Å²) >= 11 is 0. The predicted molar refractivity (Wildman–Crippen MR) is 80.7 cm³/mol. The van der Waals surface area contributed by atoms with Crippen molar-refractivity contribution < 1.29 is 0 Å². The van der Waals surface area contributed by atoms with Crippen molar-refractivity contribution in [1.29, 1.82) is 5.41 Å². The number of nitrogens with one attached hydrogen (secondary N) is 1. The van der Waals surface area contributed by atoms with Crippen molar-refractivity contribution >= 4 is 22.8 Å². The number of hydrogen-bond donors (Lipinski definition) is 1. The first-order valence-electron chi connectivity index (χ1n) is 6.65. The summed E-state index contributed by atoms with van der Waals surface area (Å²) in [5.74, 6) is 0. The Morgan fingerprint density at radius 1 is 1.00 bits per heavy atom. The topological polar surface area (TPSA) is 39.5 Å². The zero-order valence-corrected chi connectivity index (χ0v) is 10.9. The maximum absolute atomic E-state index is 8.31. The van der Waals surface area contributed by atoms with E-state index in [1.807, 2.05) is 60.8 Å². The molecule has 0 spiro atoms. The van der Waals surface area contributed by atoms with Gasteiger partial charge < -0.3 is 10.3 Å². The summed E-state index contributed by atoms with van der Waals surface area (Å²) < 4.78 is 0. The number of fused-ring (bicyclic) bond motifs is 4. The Balaban J connectivity index is 2.20. The van der Waals surface area contributed by atoms with Crippen molar-refractivity contribution in [3.05, 3.63) is 71.4 Å². The van der Waals surface area contributed by atoms with E-state index >= 15 is 0 Å². The molecule has 0 saturated heterocycles. The Morgan fingerprint density at radius 2 is 1.80 bits per heavy atom. The van der Waals surface area contributed by atoms with Crippen LogP contribution in [0.5, 0.6) is 0 Å². The first-order valence-corrected chi connectivity index (χ1v) is 6.65. The van der Waals surface area contributed by atoms with Crippen molar-refractivity contribution in [1.82, 2.24) is 0 Å². The third-order valence-corrected chi connectivity index (χ3v) is 3.64. The Labute approximate surface area is 116 Å². The molecule has 0 bridgehead atoms. The maximum atomic E-state index is 8.31. The van der Waals surface area contributed by atoms with Gasteiger partial charge in [0.1, 0.15) is 0 Å². The summed E-state index contributed by atoms with van der Waals surface area (Å²) in [4.78, 5) is 6.85. The molecule has 2 aromatic carbocycles. The second-order valence-electron chi connectivity index (χ2n) is 4.90. The highest BCUT2D eigenvalue weighted by molar-refractivity contribution is 6.22. The zero-order chi connectivity index (χ0) is 13.5. The summed E-state index contributed by atoms with van der Waals surface area (Å²) in [5, 5.41) is 10.3. The van der Waals surface area contributed by atoms with Crippen LogP contribution in [0.25, 0.3) is 5.70 Å². The second-order valence-corrected chi connectivity index (χ2v) is 4.90. The van der Waals surface area contributed by atoms with Crippen molar-refractivity contribution in [2.24, 2.45) is 4.99 Å². The average molecular weight is 259 g/mol. The Hall–Kier alpha value is -2.68. The van der Waals surface area contributed by atoms with Gasteiger partial charge in [0.25, 0.3) is 0 Å². The molecular weight excluding hydrogens is 246 g/mol. The largest absolute Gasteiger partial charge is 0.313 e. The lowest BCUT2D eigenvalue weighted by molar-refractivity contribution is 1.22. The van der Waals surface area contributed by atoms with Crippen LogP contribution in [0.1, 0.15) is 6.42 Å². The Kier molecular flexibility index (Phi) is 2.33. The summed E-state index contributed by atoms with van der Waals surface area (Å²) in [6, 6.07) is 16.1. The molecule has 0 aromatic heterocycles. The molecular formula is C17H13N3. The highest BCUT2D eigenvalue weighted by atomic mass is 15.2. The fourth-order valence-electron chi connectivity index (χ4n) is 2.75. The number of nitrogens with zero attached hydrogens (tertiary/aromatic N) is 2. The van der Waals surface area contributed by atoms with Gasteiger partial charge in [-0.05, 0) is 18.2 Å². The molecule has 2 heterocycles. The minimum atomic E-state index is 0.631. The Bertz CT molecular complexity index is 862. The van der Waals surface area contributed by atoms with Crippen LogP contribution >= 0.6 is 0 Å². The van der Waals surface area contributed by atoms with E-state index < -0.39 is 0 Å². The molecule has 4 rings (SSSR count). The van der Waals surface area contributed by atoms with Gasteiger partial charge in [0, 0.05) is 17.8 Å². The van der Waals surface area contributed by atoms with Crippen LogP contribution in [0.3, 0.4) is 0 Å². The van der Waals surface area contributed by atoms with E-state index in [0.717, 1.165) is 27.6 Å². The molecule has 3 heteroatoms. The number of hydrogen-bond acceptors (Lipinski definition) is 3. The summed E-state index contributed by atoms with van der Waals surface area (Å²) in [5.41, 5.74) is 3.54. The molecule has 0 aliphatic carbocycles. The van der Waals surface area contributed by atoms with Gasteiger partial charge in [-0.25, -0.2) is 4.99 Å². The van der Waals surface area contributed by atoms with Crippen LogP contribution in [-0.2, 0) is 0 Å². The lowest BCUT2D eigenvalue weighted by Gasteiger charge is -2.27. The van der Waals surface area contributed by atoms with Gasteiger partial charge in [0.2, 0.25) is 0 Å². The molecule has 0 fully saturated rings. The van der Waals surface area contributed by atoms with Gasteiger partial charge in [-0.3, -0.25) is 0 Å². The van der Waals surface area contributed by atoms with Gasteiger partial charge in [-0.15, -0.1) is 0 Å². The van der Waals surface area contributed by atoms with Gasteiger partial charge in [0.15, 0.2) is 0 Å². The average Bonchev–Trinajstić information content (AvgIpc) is 2.62. The third kappa shape index (κ3) is 1.53. The second kappa shape index (κ2) is 4.17. The van der Waals surface area contributed by atoms with Gasteiger partial charge in [-0.2, -0.15) is 0 Å². The fraction of sp³-hybridized carbons (Fsp3) is 0.0588. The third-order valence-electron chi connectivity index (χ3n) is 3.64. The maximum Gasteiger partial charge on any atom is 0.0877 e. The van der Waals surface area contributed by atoms with Gasteiger partial charge in [-0.1, -0.05) is 36.4 Å². The Morgan fingerprint density at radius 3 is 2.75 bits per heavy atom. The van der Waals surface area contributed by atoms with E-state index in [2.05, 4.69) is 4.90 Å². The molecule has 3 nitrogen and oxygen atoms in total. The van der Waals surface area contributed by atoms with Crippen molar-refractivity contribution in [2.45, 2.75) is 6.42 Å². The van der Waals surface area contributed by atoms with E-state index in [9.17, 15) is 0 Å². The molecule has 2 aliphatic heterocycles. The molecule has 0 radical (unpaired) electrons. The van der Waals surface area contributed by atoms with Gasteiger partial charge in [0.05, 0.1) is 28.1 Å². The van der Waals surface area contributed by atoms with E-state index in [1.165, 1.54) is 0 Å². The number of rotatable bonds is 0. The summed E-state index contributed by atoms with van der Waals surface area (Å²) in [6.07, 6.45) is 4.74. The van der Waals surface area contributed by atoms with E-state index in [1.54, 1.807) is 0 Å². The molecule has 0 unspecified atom stereocenters.